The molecule has 0 aliphatic carbocycles. The SMILES string of the molecule is COc1cc(-c2cn(C)c(=O)c(C)c2C)cc(OC)c1CN1C[C@H](C)N(Cc2cccc3c2CCN(C(=O)C(C#N)=CC(C)(C)CF)C3C(C)C)C[C@H]1C. The quantitative estimate of drug-likeness (QED) is 0.151. The van der Waals surface area contributed by atoms with E-state index in [1.165, 1.54) is 17.2 Å². The number of allylic oxidation sites excluding steroid dienone is 1. The van der Waals surface area contributed by atoms with E-state index in [2.05, 4.69) is 61.8 Å². The number of halogens is 1. The standard InChI is InChI=1S/C44H58FN5O4/c1-27(2)41-36-14-12-13-32(35(36)15-16-50(41)43(52)34(20-46)19-44(7,8)26-45)23-48-21-29(4)49(22-28(48)3)25-38-39(53-10)17-33(18-40(38)54-11)37-24-47(9)42(51)31(6)30(37)5/h12-14,17-19,24,27-29,41H,15-16,21-23,25-26H2,1-11H3/t28-,29+,41?/m0/s1. The van der Waals surface area contributed by atoms with Crippen LogP contribution in [-0.4, -0.2) is 77.8 Å². The largest absolute Gasteiger partial charge is 0.496 e. The minimum Gasteiger partial charge on any atom is -0.496 e. The Morgan fingerprint density at radius 2 is 1.65 bits per heavy atom. The first-order chi connectivity index (χ1) is 25.5. The molecule has 5 rings (SSSR count). The highest BCUT2D eigenvalue weighted by molar-refractivity contribution is 5.97. The summed E-state index contributed by atoms with van der Waals surface area (Å²) in [5.74, 6) is 1.30. The number of hydrogen-bond donors (Lipinski definition) is 0. The summed E-state index contributed by atoms with van der Waals surface area (Å²) in [4.78, 5) is 33.2. The molecule has 2 aliphatic rings. The zero-order valence-corrected chi connectivity index (χ0v) is 34.0. The molecule has 9 nitrogen and oxygen atoms in total. The number of carbonyl (C=O) groups excluding carboxylic acids is 1. The zero-order valence-electron chi connectivity index (χ0n) is 34.0. The number of nitriles is 1. The van der Waals surface area contributed by atoms with Crippen molar-refractivity contribution < 1.29 is 18.7 Å². The molecule has 0 N–H and O–H groups in total. The lowest BCUT2D eigenvalue weighted by molar-refractivity contribution is -0.130. The van der Waals surface area contributed by atoms with Crippen molar-refractivity contribution in [2.24, 2.45) is 18.4 Å². The number of rotatable bonds is 11. The van der Waals surface area contributed by atoms with Crippen LogP contribution in [0.15, 0.2) is 53.0 Å². The van der Waals surface area contributed by atoms with Crippen LogP contribution >= 0.6 is 0 Å². The van der Waals surface area contributed by atoms with E-state index in [9.17, 15) is 19.2 Å². The smallest absolute Gasteiger partial charge is 0.264 e. The van der Waals surface area contributed by atoms with E-state index in [1.54, 1.807) is 39.7 Å². The van der Waals surface area contributed by atoms with E-state index >= 15 is 0 Å². The summed E-state index contributed by atoms with van der Waals surface area (Å²) in [7, 11) is 5.16. The number of aryl methyl sites for hydroxylation is 1. The van der Waals surface area contributed by atoms with Gasteiger partial charge in [0.2, 0.25) is 0 Å². The van der Waals surface area contributed by atoms with Gasteiger partial charge in [0.05, 0.1) is 32.5 Å². The van der Waals surface area contributed by atoms with Gasteiger partial charge >= 0.3 is 0 Å². The molecular weight excluding hydrogens is 682 g/mol. The van der Waals surface area contributed by atoms with Gasteiger partial charge in [-0.3, -0.25) is 23.8 Å². The lowest BCUT2D eigenvalue weighted by Gasteiger charge is -2.45. The Hall–Kier alpha value is -4.46. The predicted octanol–water partition coefficient (Wildman–Crippen LogP) is 7.31. The first-order valence-corrected chi connectivity index (χ1v) is 19.1. The number of carbonyl (C=O) groups is 1. The maximum Gasteiger partial charge on any atom is 0.264 e. The van der Waals surface area contributed by atoms with Gasteiger partial charge in [-0.1, -0.05) is 52.0 Å². The average Bonchev–Trinajstić information content (AvgIpc) is 3.15. The number of aromatic nitrogens is 1. The third-order valence-corrected chi connectivity index (χ3v) is 11.5. The lowest BCUT2D eigenvalue weighted by Crippen LogP contribution is -2.55. The van der Waals surface area contributed by atoms with Gasteiger partial charge in [-0.25, -0.2) is 0 Å². The van der Waals surface area contributed by atoms with Gasteiger partial charge in [0, 0.05) is 74.6 Å². The molecule has 54 heavy (non-hydrogen) atoms. The molecule has 1 unspecified atom stereocenters. The van der Waals surface area contributed by atoms with Crippen molar-refractivity contribution >= 4 is 5.91 Å². The Balaban J connectivity index is 1.36. The summed E-state index contributed by atoms with van der Waals surface area (Å²) in [5, 5.41) is 9.90. The normalized spacial score (nSPS) is 19.8. The van der Waals surface area contributed by atoms with Crippen LogP contribution in [0.3, 0.4) is 0 Å². The van der Waals surface area contributed by atoms with E-state index < -0.39 is 12.1 Å². The van der Waals surface area contributed by atoms with Gasteiger partial charge in [0.1, 0.15) is 23.1 Å². The van der Waals surface area contributed by atoms with Crippen LogP contribution in [0.25, 0.3) is 11.1 Å². The average molecular weight is 740 g/mol. The van der Waals surface area contributed by atoms with Gasteiger partial charge < -0.3 is 18.9 Å². The molecule has 290 valence electrons. The minimum absolute atomic E-state index is 0.00101. The number of methoxy groups -OCH3 is 2. The first kappa shape index (κ1) is 40.7. The Labute approximate surface area is 321 Å². The summed E-state index contributed by atoms with van der Waals surface area (Å²) >= 11 is 0. The molecule has 1 saturated heterocycles. The number of nitrogens with zero attached hydrogens (tertiary/aromatic N) is 5. The molecule has 10 heteroatoms. The molecule has 2 aliphatic heterocycles. The van der Waals surface area contributed by atoms with Crippen molar-refractivity contribution in [1.29, 1.82) is 5.26 Å². The predicted molar refractivity (Wildman–Crippen MR) is 212 cm³/mol. The number of benzene rings is 2. The number of pyridine rings is 1. The fraction of sp³-hybridized carbons (Fsp3) is 0.523. The molecule has 3 heterocycles. The summed E-state index contributed by atoms with van der Waals surface area (Å²) in [6, 6.07) is 12.9. The van der Waals surface area contributed by atoms with Gasteiger partial charge in [0.25, 0.3) is 11.5 Å². The van der Waals surface area contributed by atoms with Crippen molar-refractivity contribution in [3.05, 3.63) is 91.9 Å². The second-order valence-corrected chi connectivity index (χ2v) is 16.3. The van der Waals surface area contributed by atoms with Crippen LogP contribution in [0, 0.1) is 36.5 Å². The maximum absolute atomic E-state index is 13.8. The molecule has 3 aromatic rings. The third kappa shape index (κ3) is 8.13. The molecule has 2 aromatic carbocycles. The number of amides is 1. The highest BCUT2D eigenvalue weighted by Crippen LogP contribution is 2.40. The van der Waals surface area contributed by atoms with Crippen molar-refractivity contribution in [1.82, 2.24) is 19.3 Å². The van der Waals surface area contributed by atoms with Crippen molar-refractivity contribution in [3.8, 4) is 28.7 Å². The Morgan fingerprint density at radius 1 is 1.04 bits per heavy atom. The lowest BCUT2D eigenvalue weighted by atomic mass is 9.83. The fourth-order valence-electron chi connectivity index (χ4n) is 8.29. The van der Waals surface area contributed by atoms with Gasteiger partial charge in [-0.2, -0.15) is 5.26 Å². The van der Waals surface area contributed by atoms with E-state index in [4.69, 9.17) is 9.47 Å². The Kier molecular flexibility index (Phi) is 12.4. The van der Waals surface area contributed by atoms with Gasteiger partial charge in [0.15, 0.2) is 0 Å². The molecular formula is C44H58FN5O4. The van der Waals surface area contributed by atoms with E-state index in [-0.39, 0.29) is 41.1 Å². The fourth-order valence-corrected chi connectivity index (χ4v) is 8.29. The highest BCUT2D eigenvalue weighted by atomic mass is 19.1. The topological polar surface area (TPSA) is 91.0 Å². The zero-order chi connectivity index (χ0) is 39.6. The molecule has 1 aromatic heterocycles. The molecule has 0 bridgehead atoms. The second kappa shape index (κ2) is 16.5. The Bertz CT molecular complexity index is 1990. The van der Waals surface area contributed by atoms with Crippen LogP contribution in [0.1, 0.15) is 81.0 Å². The molecule has 0 saturated carbocycles. The van der Waals surface area contributed by atoms with Gasteiger partial charge in [-0.15, -0.1) is 0 Å². The maximum atomic E-state index is 13.8. The molecule has 0 radical (unpaired) electrons. The Morgan fingerprint density at radius 3 is 2.20 bits per heavy atom. The number of alkyl halides is 1. The number of piperazine rings is 1. The molecule has 1 amide bonds. The second-order valence-electron chi connectivity index (χ2n) is 16.3. The van der Waals surface area contributed by atoms with Crippen molar-refractivity contribution in [2.45, 2.75) is 93.0 Å². The third-order valence-electron chi connectivity index (χ3n) is 11.5. The van der Waals surface area contributed by atoms with E-state index in [0.29, 0.717) is 19.5 Å². The highest BCUT2D eigenvalue weighted by Gasteiger charge is 2.37. The van der Waals surface area contributed by atoms with Crippen LogP contribution in [-0.2, 0) is 31.4 Å². The summed E-state index contributed by atoms with van der Waals surface area (Å²) < 4.78 is 27.2. The van der Waals surface area contributed by atoms with Crippen molar-refractivity contribution in [2.75, 3.05) is 40.5 Å². The van der Waals surface area contributed by atoms with Gasteiger partial charge in [-0.05, 0) is 80.0 Å². The number of ether oxygens (including phenoxy) is 2. The summed E-state index contributed by atoms with van der Waals surface area (Å²) in [6.07, 6.45) is 4.06. The number of hydrogen-bond acceptors (Lipinski definition) is 7. The van der Waals surface area contributed by atoms with Crippen LogP contribution in [0.4, 0.5) is 4.39 Å². The summed E-state index contributed by atoms with van der Waals surface area (Å²) in [6.45, 7) is 19.1. The van der Waals surface area contributed by atoms with Crippen LogP contribution in [0.5, 0.6) is 11.5 Å². The molecule has 0 spiro atoms. The van der Waals surface area contributed by atoms with Crippen molar-refractivity contribution in [3.63, 3.8) is 0 Å². The molecule has 3 atom stereocenters. The first-order valence-electron chi connectivity index (χ1n) is 19.1. The molecule has 1 fully saturated rings. The van der Waals surface area contributed by atoms with Crippen LogP contribution < -0.4 is 15.0 Å². The van der Waals surface area contributed by atoms with E-state index in [0.717, 1.165) is 64.5 Å². The van der Waals surface area contributed by atoms with Crippen LogP contribution in [0.2, 0.25) is 0 Å². The van der Waals surface area contributed by atoms with E-state index in [1.807, 2.05) is 37.1 Å². The monoisotopic (exact) mass is 739 g/mol. The summed E-state index contributed by atoms with van der Waals surface area (Å²) in [5.41, 5.74) is 7.38. The number of fused-ring (bicyclic) bond motifs is 1. The minimum atomic E-state index is -0.889.